The highest BCUT2D eigenvalue weighted by Crippen LogP contribution is 2.34. The van der Waals surface area contributed by atoms with Crippen LogP contribution in [0.1, 0.15) is 18.4 Å². The van der Waals surface area contributed by atoms with Gasteiger partial charge in [-0.05, 0) is 25.0 Å². The SMILES string of the molecule is FC(F)(F)c1cccnc1OCC1CCCOC1. The highest BCUT2D eigenvalue weighted by Gasteiger charge is 2.35. The van der Waals surface area contributed by atoms with E-state index >= 15 is 0 Å². The summed E-state index contributed by atoms with van der Waals surface area (Å²) < 4.78 is 48.4. The largest absolute Gasteiger partial charge is 0.477 e. The highest BCUT2D eigenvalue weighted by atomic mass is 19.4. The van der Waals surface area contributed by atoms with Gasteiger partial charge in [0.25, 0.3) is 0 Å². The molecular weight excluding hydrogens is 247 g/mol. The summed E-state index contributed by atoms with van der Waals surface area (Å²) in [7, 11) is 0. The number of hydrogen-bond donors (Lipinski definition) is 0. The van der Waals surface area contributed by atoms with Gasteiger partial charge in [-0.15, -0.1) is 0 Å². The summed E-state index contributed by atoms with van der Waals surface area (Å²) in [4.78, 5) is 3.65. The quantitative estimate of drug-likeness (QED) is 0.838. The van der Waals surface area contributed by atoms with E-state index in [-0.39, 0.29) is 18.4 Å². The second kappa shape index (κ2) is 5.56. The molecule has 0 spiro atoms. The van der Waals surface area contributed by atoms with Gasteiger partial charge in [-0.25, -0.2) is 4.98 Å². The summed E-state index contributed by atoms with van der Waals surface area (Å²) in [6.45, 7) is 1.46. The molecule has 1 unspecified atom stereocenters. The normalized spacial score (nSPS) is 20.7. The first-order chi connectivity index (χ1) is 8.57. The zero-order valence-corrected chi connectivity index (χ0v) is 9.74. The Bertz CT molecular complexity index is 389. The van der Waals surface area contributed by atoms with Crippen molar-refractivity contribution in [1.29, 1.82) is 0 Å². The van der Waals surface area contributed by atoms with Crippen LogP contribution in [0.4, 0.5) is 13.2 Å². The van der Waals surface area contributed by atoms with Crippen molar-refractivity contribution in [3.63, 3.8) is 0 Å². The van der Waals surface area contributed by atoms with Gasteiger partial charge in [0.2, 0.25) is 5.88 Å². The number of ether oxygens (including phenoxy) is 2. The summed E-state index contributed by atoms with van der Waals surface area (Å²) in [5, 5.41) is 0. The Morgan fingerprint density at radius 1 is 1.44 bits per heavy atom. The van der Waals surface area contributed by atoms with Crippen LogP contribution in [0.25, 0.3) is 0 Å². The fourth-order valence-corrected chi connectivity index (χ4v) is 1.86. The molecule has 0 radical (unpaired) electrons. The lowest BCUT2D eigenvalue weighted by molar-refractivity contribution is -0.139. The van der Waals surface area contributed by atoms with E-state index in [4.69, 9.17) is 9.47 Å². The zero-order valence-electron chi connectivity index (χ0n) is 9.74. The van der Waals surface area contributed by atoms with Crippen molar-refractivity contribution in [3.05, 3.63) is 23.9 Å². The van der Waals surface area contributed by atoms with E-state index in [1.165, 1.54) is 12.3 Å². The predicted molar refractivity (Wildman–Crippen MR) is 58.3 cm³/mol. The van der Waals surface area contributed by atoms with Crippen molar-refractivity contribution in [2.24, 2.45) is 5.92 Å². The van der Waals surface area contributed by atoms with Crippen LogP contribution in [-0.2, 0) is 10.9 Å². The molecule has 100 valence electrons. The minimum absolute atomic E-state index is 0.141. The standard InChI is InChI=1S/C12H14F3NO2/c13-12(14,15)10-4-1-5-16-11(10)18-8-9-3-2-6-17-7-9/h1,4-5,9H,2-3,6-8H2. The maximum atomic E-state index is 12.7. The molecule has 1 aliphatic rings. The number of nitrogens with zero attached hydrogens (tertiary/aromatic N) is 1. The number of pyridine rings is 1. The number of halogens is 3. The molecule has 2 rings (SSSR count). The predicted octanol–water partition coefficient (Wildman–Crippen LogP) is 2.91. The van der Waals surface area contributed by atoms with E-state index in [0.29, 0.717) is 13.2 Å². The fraction of sp³-hybridized carbons (Fsp3) is 0.583. The molecule has 0 aliphatic carbocycles. The Morgan fingerprint density at radius 2 is 2.28 bits per heavy atom. The van der Waals surface area contributed by atoms with Crippen molar-refractivity contribution in [1.82, 2.24) is 4.98 Å². The Hall–Kier alpha value is -1.30. The van der Waals surface area contributed by atoms with Gasteiger partial charge in [0.1, 0.15) is 5.56 Å². The van der Waals surface area contributed by atoms with Crippen molar-refractivity contribution < 1.29 is 22.6 Å². The van der Waals surface area contributed by atoms with Crippen LogP contribution in [-0.4, -0.2) is 24.8 Å². The first-order valence-corrected chi connectivity index (χ1v) is 5.80. The van der Waals surface area contributed by atoms with Crippen molar-refractivity contribution >= 4 is 0 Å². The van der Waals surface area contributed by atoms with E-state index in [0.717, 1.165) is 18.9 Å². The summed E-state index contributed by atoms with van der Waals surface area (Å²) >= 11 is 0. The Labute approximate surface area is 103 Å². The van der Waals surface area contributed by atoms with Gasteiger partial charge in [-0.1, -0.05) is 0 Å². The molecule has 0 bridgehead atoms. The molecule has 1 fully saturated rings. The van der Waals surface area contributed by atoms with Gasteiger partial charge >= 0.3 is 6.18 Å². The average Bonchev–Trinajstić information content (AvgIpc) is 2.37. The fourth-order valence-electron chi connectivity index (χ4n) is 1.86. The summed E-state index contributed by atoms with van der Waals surface area (Å²) in [5.41, 5.74) is -0.832. The first kappa shape index (κ1) is 13.1. The van der Waals surface area contributed by atoms with Gasteiger partial charge < -0.3 is 9.47 Å². The molecule has 6 heteroatoms. The number of aromatic nitrogens is 1. The Balaban J connectivity index is 2.00. The topological polar surface area (TPSA) is 31.4 Å². The first-order valence-electron chi connectivity index (χ1n) is 5.80. The van der Waals surface area contributed by atoms with Gasteiger partial charge in [-0.2, -0.15) is 13.2 Å². The summed E-state index contributed by atoms with van der Waals surface area (Å²) in [5.74, 6) is -0.211. The van der Waals surface area contributed by atoms with Gasteiger partial charge in [0, 0.05) is 18.7 Å². The monoisotopic (exact) mass is 261 g/mol. The number of hydrogen-bond acceptors (Lipinski definition) is 3. The molecule has 0 amide bonds. The third-order valence-corrected chi connectivity index (χ3v) is 2.79. The van der Waals surface area contributed by atoms with Crippen LogP contribution in [0, 0.1) is 5.92 Å². The lowest BCUT2D eigenvalue weighted by atomic mass is 10.0. The van der Waals surface area contributed by atoms with Crippen LogP contribution < -0.4 is 4.74 Å². The van der Waals surface area contributed by atoms with Crippen LogP contribution in [0.2, 0.25) is 0 Å². The van der Waals surface area contributed by atoms with E-state index in [2.05, 4.69) is 4.98 Å². The molecule has 0 saturated carbocycles. The highest BCUT2D eigenvalue weighted by molar-refractivity contribution is 5.28. The molecule has 0 aromatic carbocycles. The molecule has 1 atom stereocenters. The molecule has 1 aromatic rings. The van der Waals surface area contributed by atoms with Gasteiger partial charge in [0.05, 0.1) is 13.2 Å². The van der Waals surface area contributed by atoms with E-state index in [1.807, 2.05) is 0 Å². The van der Waals surface area contributed by atoms with E-state index in [1.54, 1.807) is 0 Å². The number of rotatable bonds is 3. The van der Waals surface area contributed by atoms with Crippen LogP contribution in [0.3, 0.4) is 0 Å². The maximum absolute atomic E-state index is 12.7. The third kappa shape index (κ3) is 3.35. The Kier molecular flexibility index (Phi) is 4.06. The van der Waals surface area contributed by atoms with Crippen LogP contribution in [0.5, 0.6) is 5.88 Å². The lowest BCUT2D eigenvalue weighted by Gasteiger charge is -2.22. The minimum atomic E-state index is -4.44. The molecule has 0 N–H and O–H groups in total. The molecule has 3 nitrogen and oxygen atoms in total. The summed E-state index contributed by atoms with van der Waals surface area (Å²) in [6.07, 6.45) is -1.31. The molecule has 18 heavy (non-hydrogen) atoms. The van der Waals surface area contributed by atoms with Gasteiger partial charge in [0.15, 0.2) is 0 Å². The lowest BCUT2D eigenvalue weighted by Crippen LogP contribution is -2.24. The molecule has 1 aliphatic heterocycles. The Morgan fingerprint density at radius 3 is 2.94 bits per heavy atom. The molecule has 2 heterocycles. The molecule has 1 aromatic heterocycles. The van der Waals surface area contributed by atoms with Crippen molar-refractivity contribution in [2.45, 2.75) is 19.0 Å². The van der Waals surface area contributed by atoms with Gasteiger partial charge in [-0.3, -0.25) is 0 Å². The summed E-state index contributed by atoms with van der Waals surface area (Å²) in [6, 6.07) is 2.22. The second-order valence-electron chi connectivity index (χ2n) is 4.25. The van der Waals surface area contributed by atoms with Crippen LogP contribution >= 0.6 is 0 Å². The van der Waals surface area contributed by atoms with Crippen molar-refractivity contribution in [3.8, 4) is 5.88 Å². The molecule has 1 saturated heterocycles. The minimum Gasteiger partial charge on any atom is -0.477 e. The zero-order chi connectivity index (χ0) is 13.0. The smallest absolute Gasteiger partial charge is 0.421 e. The second-order valence-corrected chi connectivity index (χ2v) is 4.25. The number of alkyl halides is 3. The third-order valence-electron chi connectivity index (χ3n) is 2.79. The van der Waals surface area contributed by atoms with E-state index < -0.39 is 11.7 Å². The van der Waals surface area contributed by atoms with Crippen LogP contribution in [0.15, 0.2) is 18.3 Å². The van der Waals surface area contributed by atoms with E-state index in [9.17, 15) is 13.2 Å². The maximum Gasteiger partial charge on any atom is 0.421 e. The molecular formula is C12H14F3NO2. The van der Waals surface area contributed by atoms with Crippen molar-refractivity contribution in [2.75, 3.05) is 19.8 Å². The average molecular weight is 261 g/mol.